The highest BCUT2D eigenvalue weighted by atomic mass is 16.5. The molecule has 6 nitrogen and oxygen atoms in total. The van der Waals surface area contributed by atoms with Crippen molar-refractivity contribution in [3.8, 4) is 0 Å². The zero-order valence-electron chi connectivity index (χ0n) is 12.3. The predicted octanol–water partition coefficient (Wildman–Crippen LogP) is -0.862. The number of hydrogen-bond acceptors (Lipinski definition) is 5. The number of aliphatic hydroxyl groups is 1. The van der Waals surface area contributed by atoms with Crippen molar-refractivity contribution in [2.45, 2.75) is 19.4 Å². The second-order valence-corrected chi connectivity index (χ2v) is 5.65. The van der Waals surface area contributed by atoms with Gasteiger partial charge in [0, 0.05) is 31.7 Å². The Morgan fingerprint density at radius 2 is 2.05 bits per heavy atom. The zero-order valence-corrected chi connectivity index (χ0v) is 12.3. The van der Waals surface area contributed by atoms with E-state index in [0.717, 1.165) is 26.3 Å². The number of carbonyl (C=O) groups is 1. The molecule has 1 heterocycles. The Bertz CT molecular complexity index is 278. The van der Waals surface area contributed by atoms with E-state index in [-0.39, 0.29) is 18.1 Å². The number of carbonyl (C=O) groups excluding carboxylic acids is 1. The van der Waals surface area contributed by atoms with Crippen LogP contribution in [-0.2, 0) is 9.53 Å². The van der Waals surface area contributed by atoms with Gasteiger partial charge in [0.25, 0.3) is 0 Å². The van der Waals surface area contributed by atoms with E-state index >= 15 is 0 Å². The molecule has 0 unspecified atom stereocenters. The van der Waals surface area contributed by atoms with Gasteiger partial charge < -0.3 is 15.2 Å². The Morgan fingerprint density at radius 1 is 1.42 bits per heavy atom. The molecule has 0 bridgehead atoms. The molecule has 112 valence electrons. The number of hydrogen-bond donors (Lipinski definition) is 2. The lowest BCUT2D eigenvalue weighted by atomic mass is 10.0. The minimum Gasteiger partial charge on any atom is -0.395 e. The van der Waals surface area contributed by atoms with Crippen LogP contribution in [-0.4, -0.2) is 85.9 Å². The normalized spacial score (nSPS) is 17.7. The van der Waals surface area contributed by atoms with Crippen molar-refractivity contribution < 1.29 is 14.6 Å². The molecule has 1 amide bonds. The number of morpholine rings is 1. The van der Waals surface area contributed by atoms with Gasteiger partial charge in [-0.1, -0.05) is 0 Å². The van der Waals surface area contributed by atoms with E-state index in [1.54, 1.807) is 4.90 Å². The monoisotopic (exact) mass is 273 g/mol. The first-order valence-electron chi connectivity index (χ1n) is 6.84. The van der Waals surface area contributed by atoms with Crippen LogP contribution >= 0.6 is 0 Å². The van der Waals surface area contributed by atoms with Gasteiger partial charge in [-0.3, -0.25) is 14.6 Å². The first-order valence-corrected chi connectivity index (χ1v) is 6.84. The Morgan fingerprint density at radius 3 is 2.63 bits per heavy atom. The van der Waals surface area contributed by atoms with Gasteiger partial charge in [0.2, 0.25) is 5.91 Å². The molecule has 0 atom stereocenters. The third-order valence-corrected chi connectivity index (χ3v) is 3.48. The summed E-state index contributed by atoms with van der Waals surface area (Å²) in [6.07, 6.45) is 0. The van der Waals surface area contributed by atoms with Crippen LogP contribution in [0.25, 0.3) is 0 Å². The molecule has 0 aromatic carbocycles. The van der Waals surface area contributed by atoms with Crippen molar-refractivity contribution in [1.29, 1.82) is 0 Å². The quantitative estimate of drug-likeness (QED) is 0.632. The van der Waals surface area contributed by atoms with Crippen LogP contribution in [0.4, 0.5) is 0 Å². The summed E-state index contributed by atoms with van der Waals surface area (Å²) in [4.78, 5) is 15.9. The van der Waals surface area contributed by atoms with Gasteiger partial charge in [-0.05, 0) is 20.9 Å². The van der Waals surface area contributed by atoms with Crippen molar-refractivity contribution >= 4 is 5.91 Å². The third-order valence-electron chi connectivity index (χ3n) is 3.48. The molecular formula is C13H27N3O3. The van der Waals surface area contributed by atoms with E-state index in [9.17, 15) is 4.79 Å². The second kappa shape index (κ2) is 7.79. The van der Waals surface area contributed by atoms with Gasteiger partial charge in [0.05, 0.1) is 26.4 Å². The standard InChI is InChI=1S/C13H27N3O3/c1-13(2,16-5-8-19-9-6-16)11-14-12(18)10-15(3)4-7-17/h17H,4-11H2,1-3H3,(H,14,18). The molecular weight excluding hydrogens is 246 g/mol. The minimum atomic E-state index is -0.0605. The largest absolute Gasteiger partial charge is 0.395 e. The number of nitrogens with zero attached hydrogens (tertiary/aromatic N) is 2. The third kappa shape index (κ3) is 5.86. The van der Waals surface area contributed by atoms with Gasteiger partial charge in [-0.25, -0.2) is 0 Å². The topological polar surface area (TPSA) is 65.0 Å². The summed E-state index contributed by atoms with van der Waals surface area (Å²) in [5.74, 6) is -0.00251. The lowest BCUT2D eigenvalue weighted by Crippen LogP contribution is -2.56. The summed E-state index contributed by atoms with van der Waals surface area (Å²) < 4.78 is 5.34. The lowest BCUT2D eigenvalue weighted by molar-refractivity contribution is -0.122. The summed E-state index contributed by atoms with van der Waals surface area (Å²) in [5.41, 5.74) is -0.0605. The molecule has 19 heavy (non-hydrogen) atoms. The molecule has 1 saturated heterocycles. The zero-order chi connectivity index (χ0) is 14.3. The number of amides is 1. The number of nitrogens with one attached hydrogen (secondary N) is 1. The first kappa shape index (κ1) is 16.4. The maximum Gasteiger partial charge on any atom is 0.234 e. The molecule has 0 aliphatic carbocycles. The highest BCUT2D eigenvalue weighted by molar-refractivity contribution is 5.78. The van der Waals surface area contributed by atoms with Crippen LogP contribution in [0.1, 0.15) is 13.8 Å². The van der Waals surface area contributed by atoms with Crippen molar-refractivity contribution in [3.63, 3.8) is 0 Å². The van der Waals surface area contributed by atoms with Crippen LogP contribution in [0.15, 0.2) is 0 Å². The van der Waals surface area contributed by atoms with Gasteiger partial charge in [0.1, 0.15) is 0 Å². The summed E-state index contributed by atoms with van der Waals surface area (Å²) in [6, 6.07) is 0. The van der Waals surface area contributed by atoms with Crippen molar-refractivity contribution in [2.75, 3.05) is 59.6 Å². The highest BCUT2D eigenvalue weighted by Crippen LogP contribution is 2.14. The molecule has 0 aromatic heterocycles. The maximum atomic E-state index is 11.8. The van der Waals surface area contributed by atoms with E-state index in [1.165, 1.54) is 0 Å². The van der Waals surface area contributed by atoms with E-state index < -0.39 is 0 Å². The van der Waals surface area contributed by atoms with Crippen molar-refractivity contribution in [1.82, 2.24) is 15.1 Å². The van der Waals surface area contributed by atoms with E-state index in [2.05, 4.69) is 24.1 Å². The van der Waals surface area contributed by atoms with E-state index in [4.69, 9.17) is 9.84 Å². The summed E-state index contributed by atoms with van der Waals surface area (Å²) in [7, 11) is 1.82. The molecule has 1 rings (SSSR count). The molecule has 1 fully saturated rings. The number of aliphatic hydroxyl groups excluding tert-OH is 1. The van der Waals surface area contributed by atoms with Gasteiger partial charge in [0.15, 0.2) is 0 Å². The fraction of sp³-hybridized carbons (Fsp3) is 0.923. The predicted molar refractivity (Wildman–Crippen MR) is 74.1 cm³/mol. The van der Waals surface area contributed by atoms with Crippen LogP contribution in [0, 0.1) is 0 Å². The van der Waals surface area contributed by atoms with Crippen LogP contribution in [0.5, 0.6) is 0 Å². The maximum absolute atomic E-state index is 11.8. The number of likely N-dealkylation sites (N-methyl/N-ethyl adjacent to an activating group) is 1. The van der Waals surface area contributed by atoms with Gasteiger partial charge in [-0.2, -0.15) is 0 Å². The van der Waals surface area contributed by atoms with Crippen molar-refractivity contribution in [3.05, 3.63) is 0 Å². The molecule has 6 heteroatoms. The molecule has 0 radical (unpaired) electrons. The molecule has 0 saturated carbocycles. The summed E-state index contributed by atoms with van der Waals surface area (Å²) in [6.45, 7) is 9.14. The van der Waals surface area contributed by atoms with Gasteiger partial charge in [-0.15, -0.1) is 0 Å². The number of ether oxygens (including phenoxy) is 1. The van der Waals surface area contributed by atoms with Crippen LogP contribution in [0.2, 0.25) is 0 Å². The summed E-state index contributed by atoms with van der Waals surface area (Å²) >= 11 is 0. The van der Waals surface area contributed by atoms with Crippen LogP contribution in [0.3, 0.4) is 0 Å². The average Bonchev–Trinajstić information content (AvgIpc) is 2.38. The summed E-state index contributed by atoms with van der Waals surface area (Å²) in [5, 5.41) is 11.8. The van der Waals surface area contributed by atoms with Crippen LogP contribution < -0.4 is 5.32 Å². The fourth-order valence-corrected chi connectivity index (χ4v) is 2.15. The molecule has 1 aliphatic rings. The van der Waals surface area contributed by atoms with Crippen molar-refractivity contribution in [2.24, 2.45) is 0 Å². The molecule has 2 N–H and O–H groups in total. The smallest absolute Gasteiger partial charge is 0.234 e. The fourth-order valence-electron chi connectivity index (χ4n) is 2.15. The number of rotatable bonds is 7. The Kier molecular flexibility index (Phi) is 6.71. The van der Waals surface area contributed by atoms with Gasteiger partial charge >= 0.3 is 0 Å². The Labute approximate surface area is 115 Å². The first-order chi connectivity index (χ1) is 8.95. The highest BCUT2D eigenvalue weighted by Gasteiger charge is 2.28. The second-order valence-electron chi connectivity index (χ2n) is 5.65. The van der Waals surface area contributed by atoms with E-state index in [0.29, 0.717) is 19.6 Å². The lowest BCUT2D eigenvalue weighted by Gasteiger charge is -2.40. The minimum absolute atomic E-state index is 0.00251. The molecule has 0 spiro atoms. The molecule has 1 aliphatic heterocycles. The Balaban J connectivity index is 2.31. The Hall–Kier alpha value is -0.690. The average molecular weight is 273 g/mol. The van der Waals surface area contributed by atoms with E-state index in [1.807, 2.05) is 7.05 Å². The molecule has 0 aromatic rings. The SMILES string of the molecule is CN(CCO)CC(=O)NCC(C)(C)N1CCOCC1.